The molecule has 0 atom stereocenters. The Kier molecular flexibility index (Phi) is 5.30. The third kappa shape index (κ3) is 3.80. The van der Waals surface area contributed by atoms with E-state index in [1.54, 1.807) is 12.1 Å². The molecule has 1 aromatic carbocycles. The highest BCUT2D eigenvalue weighted by atomic mass is 16.6. The summed E-state index contributed by atoms with van der Waals surface area (Å²) in [6.07, 6.45) is 1.98. The Morgan fingerprint density at radius 3 is 2.64 bits per heavy atom. The average Bonchev–Trinajstić information content (AvgIpc) is 2.69. The molecule has 0 aliphatic heterocycles. The first-order valence-corrected chi connectivity index (χ1v) is 8.55. The summed E-state index contributed by atoms with van der Waals surface area (Å²) in [7, 11) is 0. The number of hydrogen-bond acceptors (Lipinski definition) is 6. The van der Waals surface area contributed by atoms with Crippen molar-refractivity contribution in [1.82, 2.24) is 19.9 Å². The highest BCUT2D eigenvalue weighted by molar-refractivity contribution is 5.96. The van der Waals surface area contributed by atoms with E-state index in [2.05, 4.69) is 15.3 Å². The number of amides is 1. The van der Waals surface area contributed by atoms with E-state index >= 15 is 0 Å². The van der Waals surface area contributed by atoms with Crippen LogP contribution in [0.1, 0.15) is 29.3 Å². The van der Waals surface area contributed by atoms with Crippen LogP contribution in [0.3, 0.4) is 0 Å². The van der Waals surface area contributed by atoms with Gasteiger partial charge in [-0.3, -0.25) is 29.3 Å². The van der Waals surface area contributed by atoms with E-state index in [1.165, 1.54) is 29.0 Å². The first-order chi connectivity index (χ1) is 13.4. The summed E-state index contributed by atoms with van der Waals surface area (Å²) >= 11 is 0. The summed E-state index contributed by atoms with van der Waals surface area (Å²) in [6, 6.07) is 7.19. The van der Waals surface area contributed by atoms with Gasteiger partial charge >= 0.3 is 5.69 Å². The number of aromatic nitrogens is 3. The lowest BCUT2D eigenvalue weighted by Gasteiger charge is -2.09. The summed E-state index contributed by atoms with van der Waals surface area (Å²) in [6.45, 7) is 2.44. The Morgan fingerprint density at radius 1 is 1.29 bits per heavy atom. The molecule has 0 aliphatic carbocycles. The molecule has 0 bridgehead atoms. The minimum absolute atomic E-state index is 0.0360. The molecule has 0 spiro atoms. The van der Waals surface area contributed by atoms with Crippen molar-refractivity contribution in [1.29, 1.82) is 0 Å². The second-order valence-corrected chi connectivity index (χ2v) is 6.11. The zero-order chi connectivity index (χ0) is 20.3. The van der Waals surface area contributed by atoms with Gasteiger partial charge in [0.15, 0.2) is 0 Å². The largest absolute Gasteiger partial charge is 0.348 e. The highest BCUT2D eigenvalue weighted by Crippen LogP contribution is 2.12. The normalized spacial score (nSPS) is 10.8. The number of nitro groups is 1. The fourth-order valence-corrected chi connectivity index (χ4v) is 2.74. The first kappa shape index (κ1) is 19.0. The van der Waals surface area contributed by atoms with E-state index < -0.39 is 22.1 Å². The predicted molar refractivity (Wildman–Crippen MR) is 101 cm³/mol. The number of H-pyrrole nitrogens is 1. The van der Waals surface area contributed by atoms with Gasteiger partial charge in [-0.1, -0.05) is 19.1 Å². The molecule has 10 heteroatoms. The summed E-state index contributed by atoms with van der Waals surface area (Å²) < 4.78 is 1.36. The standard InChI is InChI=1S/C18H17N5O5/c1-2-7-22-15-14(17(25)21-18(22)26)8-12(10-19-15)16(24)20-9-11-3-5-13(6-4-11)23(27)28/h3-6,8,10H,2,7,9H2,1H3,(H,20,24)(H,21,25,26). The molecular formula is C18H17N5O5. The number of pyridine rings is 1. The molecule has 0 fully saturated rings. The first-order valence-electron chi connectivity index (χ1n) is 8.55. The van der Waals surface area contributed by atoms with Gasteiger partial charge in [0, 0.05) is 31.4 Å². The predicted octanol–water partition coefficient (Wildman–Crippen LogP) is 1.33. The molecule has 0 saturated carbocycles. The van der Waals surface area contributed by atoms with Crippen LogP contribution in [0.15, 0.2) is 46.1 Å². The Hall–Kier alpha value is -3.82. The van der Waals surface area contributed by atoms with Gasteiger partial charge in [0.1, 0.15) is 5.65 Å². The molecule has 28 heavy (non-hydrogen) atoms. The van der Waals surface area contributed by atoms with E-state index in [9.17, 15) is 24.5 Å². The minimum atomic E-state index is -0.607. The number of nitrogens with zero attached hydrogens (tertiary/aromatic N) is 3. The number of carbonyl (C=O) groups excluding carboxylic acids is 1. The third-order valence-corrected chi connectivity index (χ3v) is 4.14. The number of non-ortho nitro benzene ring substituents is 1. The number of benzene rings is 1. The van der Waals surface area contributed by atoms with Gasteiger partial charge in [-0.15, -0.1) is 0 Å². The Bertz CT molecular complexity index is 1160. The second-order valence-electron chi connectivity index (χ2n) is 6.11. The van der Waals surface area contributed by atoms with Gasteiger partial charge in [0.25, 0.3) is 17.2 Å². The summed E-state index contributed by atoms with van der Waals surface area (Å²) in [5.74, 6) is -0.458. The molecule has 3 aromatic rings. The van der Waals surface area contributed by atoms with Crippen LogP contribution in [0.4, 0.5) is 5.69 Å². The lowest BCUT2D eigenvalue weighted by molar-refractivity contribution is -0.384. The van der Waals surface area contributed by atoms with E-state index in [0.29, 0.717) is 18.5 Å². The molecule has 0 radical (unpaired) electrons. The SMILES string of the molecule is CCCn1c(=O)[nH]c(=O)c2cc(C(=O)NCc3ccc([N+](=O)[O-])cc3)cnc21. The van der Waals surface area contributed by atoms with Crippen LogP contribution < -0.4 is 16.6 Å². The van der Waals surface area contributed by atoms with Gasteiger partial charge in [-0.2, -0.15) is 0 Å². The van der Waals surface area contributed by atoms with E-state index in [1.807, 2.05) is 6.92 Å². The van der Waals surface area contributed by atoms with Gasteiger partial charge < -0.3 is 5.32 Å². The molecular weight excluding hydrogens is 366 g/mol. The van der Waals surface area contributed by atoms with Gasteiger partial charge in [-0.05, 0) is 18.1 Å². The molecule has 2 aromatic heterocycles. The maximum atomic E-state index is 12.4. The van der Waals surface area contributed by atoms with Crippen LogP contribution in [0.25, 0.3) is 11.0 Å². The number of aryl methyl sites for hydroxylation is 1. The molecule has 3 rings (SSSR count). The van der Waals surface area contributed by atoms with Crippen molar-refractivity contribution in [2.24, 2.45) is 0 Å². The van der Waals surface area contributed by atoms with Crippen molar-refractivity contribution in [3.63, 3.8) is 0 Å². The van der Waals surface area contributed by atoms with Crippen molar-refractivity contribution in [3.05, 3.63) is 78.6 Å². The van der Waals surface area contributed by atoms with Crippen molar-refractivity contribution in [3.8, 4) is 0 Å². The number of nitro benzene ring substituents is 1. The highest BCUT2D eigenvalue weighted by Gasteiger charge is 2.13. The van der Waals surface area contributed by atoms with E-state index in [-0.39, 0.29) is 28.8 Å². The number of fused-ring (bicyclic) bond motifs is 1. The Balaban J connectivity index is 1.83. The quantitative estimate of drug-likeness (QED) is 0.486. The summed E-state index contributed by atoms with van der Waals surface area (Å²) in [5, 5.41) is 13.5. The Labute approximate surface area is 158 Å². The Morgan fingerprint density at radius 2 is 2.00 bits per heavy atom. The fraction of sp³-hybridized carbons (Fsp3) is 0.222. The average molecular weight is 383 g/mol. The topological polar surface area (TPSA) is 140 Å². The number of hydrogen-bond donors (Lipinski definition) is 2. The van der Waals surface area contributed by atoms with Crippen molar-refractivity contribution in [2.45, 2.75) is 26.4 Å². The lowest BCUT2D eigenvalue weighted by atomic mass is 10.2. The molecule has 1 amide bonds. The van der Waals surface area contributed by atoms with E-state index in [0.717, 1.165) is 0 Å². The van der Waals surface area contributed by atoms with Gasteiger partial charge in [0.05, 0.1) is 15.9 Å². The zero-order valence-electron chi connectivity index (χ0n) is 15.0. The number of rotatable bonds is 6. The molecule has 0 unspecified atom stereocenters. The van der Waals surface area contributed by atoms with Gasteiger partial charge in [-0.25, -0.2) is 9.78 Å². The number of carbonyl (C=O) groups is 1. The molecule has 10 nitrogen and oxygen atoms in total. The smallest absolute Gasteiger partial charge is 0.329 e. The summed E-state index contributed by atoms with van der Waals surface area (Å²) in [4.78, 5) is 52.9. The van der Waals surface area contributed by atoms with Crippen molar-refractivity contribution >= 4 is 22.6 Å². The molecule has 0 aliphatic rings. The fourth-order valence-electron chi connectivity index (χ4n) is 2.74. The summed E-state index contributed by atoms with van der Waals surface area (Å²) in [5.41, 5.74) is -0.107. The molecule has 144 valence electrons. The van der Waals surface area contributed by atoms with Crippen molar-refractivity contribution in [2.75, 3.05) is 0 Å². The maximum absolute atomic E-state index is 12.4. The number of aromatic amines is 1. The van der Waals surface area contributed by atoms with Crippen LogP contribution in [-0.2, 0) is 13.1 Å². The van der Waals surface area contributed by atoms with Crippen LogP contribution in [0.2, 0.25) is 0 Å². The lowest BCUT2D eigenvalue weighted by Crippen LogP contribution is -2.31. The van der Waals surface area contributed by atoms with Crippen molar-refractivity contribution < 1.29 is 9.72 Å². The van der Waals surface area contributed by atoms with Crippen LogP contribution in [-0.4, -0.2) is 25.4 Å². The van der Waals surface area contributed by atoms with Crippen LogP contribution >= 0.6 is 0 Å². The van der Waals surface area contributed by atoms with Crippen LogP contribution in [0, 0.1) is 10.1 Å². The number of nitrogens with one attached hydrogen (secondary N) is 2. The monoisotopic (exact) mass is 383 g/mol. The molecule has 0 saturated heterocycles. The van der Waals surface area contributed by atoms with Crippen LogP contribution in [0.5, 0.6) is 0 Å². The second kappa shape index (κ2) is 7.82. The maximum Gasteiger partial charge on any atom is 0.329 e. The third-order valence-electron chi connectivity index (χ3n) is 4.14. The minimum Gasteiger partial charge on any atom is -0.348 e. The zero-order valence-corrected chi connectivity index (χ0v) is 15.0. The van der Waals surface area contributed by atoms with Gasteiger partial charge in [0.2, 0.25) is 0 Å². The van der Waals surface area contributed by atoms with E-state index in [4.69, 9.17) is 0 Å². The molecule has 2 heterocycles. The molecule has 2 N–H and O–H groups in total.